The highest BCUT2D eigenvalue weighted by molar-refractivity contribution is 5.78. The number of likely N-dealkylation sites (tertiary alicyclic amines) is 2. The average Bonchev–Trinajstić information content (AvgIpc) is 2.89. The third kappa shape index (κ3) is 4.20. The van der Waals surface area contributed by atoms with Crippen molar-refractivity contribution in [3.63, 3.8) is 0 Å². The van der Waals surface area contributed by atoms with Crippen LogP contribution in [0, 0.1) is 5.82 Å². The Morgan fingerprint density at radius 1 is 1.26 bits per heavy atom. The molecule has 1 N–H and O–H groups in total. The van der Waals surface area contributed by atoms with E-state index in [1.54, 1.807) is 17.0 Å². The lowest BCUT2D eigenvalue weighted by atomic mass is 10.1. The van der Waals surface area contributed by atoms with Crippen LogP contribution in [0.15, 0.2) is 24.3 Å². The molecule has 0 unspecified atom stereocenters. The minimum Gasteiger partial charge on any atom is -0.486 e. The SMILES string of the molecule is O=C(CN1CCCCC1)N1C[C@@H](O)[C@H](Oc2cccc(F)c2)C1. The van der Waals surface area contributed by atoms with Gasteiger partial charge in [-0.1, -0.05) is 12.5 Å². The summed E-state index contributed by atoms with van der Waals surface area (Å²) >= 11 is 0. The summed E-state index contributed by atoms with van der Waals surface area (Å²) in [5, 5.41) is 10.1. The molecule has 6 heteroatoms. The summed E-state index contributed by atoms with van der Waals surface area (Å²) in [6.07, 6.45) is 2.25. The van der Waals surface area contributed by atoms with Gasteiger partial charge in [0.2, 0.25) is 5.91 Å². The molecule has 0 radical (unpaired) electrons. The highest BCUT2D eigenvalue weighted by Gasteiger charge is 2.36. The summed E-state index contributed by atoms with van der Waals surface area (Å²) in [5.41, 5.74) is 0. The van der Waals surface area contributed by atoms with Crippen molar-refractivity contribution in [3.05, 3.63) is 30.1 Å². The van der Waals surface area contributed by atoms with E-state index >= 15 is 0 Å². The van der Waals surface area contributed by atoms with Crippen LogP contribution in [0.3, 0.4) is 0 Å². The molecule has 0 saturated carbocycles. The number of carbonyl (C=O) groups excluding carboxylic acids is 1. The van der Waals surface area contributed by atoms with Crippen molar-refractivity contribution in [3.8, 4) is 5.75 Å². The van der Waals surface area contributed by atoms with Gasteiger partial charge in [0.05, 0.1) is 19.6 Å². The normalized spacial score (nSPS) is 25.6. The second-order valence-electron chi connectivity index (χ2n) is 6.32. The highest BCUT2D eigenvalue weighted by Crippen LogP contribution is 2.20. The zero-order valence-electron chi connectivity index (χ0n) is 13.2. The van der Waals surface area contributed by atoms with Crippen LogP contribution in [0.2, 0.25) is 0 Å². The minimum atomic E-state index is -0.747. The summed E-state index contributed by atoms with van der Waals surface area (Å²) in [6.45, 7) is 2.94. The quantitative estimate of drug-likeness (QED) is 0.907. The fraction of sp³-hybridized carbons (Fsp3) is 0.588. The lowest BCUT2D eigenvalue weighted by Crippen LogP contribution is -2.41. The van der Waals surface area contributed by atoms with Crippen molar-refractivity contribution < 1.29 is 19.0 Å². The molecule has 1 aromatic carbocycles. The number of rotatable bonds is 4. The molecule has 5 nitrogen and oxygen atoms in total. The lowest BCUT2D eigenvalue weighted by Gasteiger charge is -2.27. The van der Waals surface area contributed by atoms with Crippen LogP contribution in [0.1, 0.15) is 19.3 Å². The number of aliphatic hydroxyl groups excluding tert-OH is 1. The van der Waals surface area contributed by atoms with E-state index in [2.05, 4.69) is 4.90 Å². The number of nitrogens with zero attached hydrogens (tertiary/aromatic N) is 2. The molecular weight excluding hydrogens is 299 g/mol. The Hall–Kier alpha value is -1.66. The highest BCUT2D eigenvalue weighted by atomic mass is 19.1. The summed E-state index contributed by atoms with van der Waals surface area (Å²) in [4.78, 5) is 16.2. The second kappa shape index (κ2) is 7.27. The number of aliphatic hydroxyl groups is 1. The third-order valence-electron chi connectivity index (χ3n) is 4.48. The maximum Gasteiger partial charge on any atom is 0.236 e. The van der Waals surface area contributed by atoms with Gasteiger partial charge in [0.25, 0.3) is 0 Å². The largest absolute Gasteiger partial charge is 0.486 e. The van der Waals surface area contributed by atoms with Gasteiger partial charge in [0, 0.05) is 6.07 Å². The molecule has 2 heterocycles. The van der Waals surface area contributed by atoms with Crippen LogP contribution in [-0.2, 0) is 4.79 Å². The van der Waals surface area contributed by atoms with Crippen LogP contribution < -0.4 is 4.74 Å². The lowest BCUT2D eigenvalue weighted by molar-refractivity contribution is -0.132. The Morgan fingerprint density at radius 3 is 2.78 bits per heavy atom. The first-order chi connectivity index (χ1) is 11.1. The average molecular weight is 322 g/mol. The molecule has 0 bridgehead atoms. The molecule has 1 aromatic rings. The molecule has 1 amide bonds. The number of hydrogen-bond donors (Lipinski definition) is 1. The van der Waals surface area contributed by atoms with Gasteiger partial charge in [-0.25, -0.2) is 4.39 Å². The van der Waals surface area contributed by atoms with Crippen LogP contribution in [-0.4, -0.2) is 65.7 Å². The van der Waals surface area contributed by atoms with Crippen LogP contribution in [0.5, 0.6) is 5.75 Å². The fourth-order valence-corrected chi connectivity index (χ4v) is 3.20. The van der Waals surface area contributed by atoms with Gasteiger partial charge in [-0.3, -0.25) is 9.69 Å². The Balaban J connectivity index is 1.54. The van der Waals surface area contributed by atoms with Gasteiger partial charge >= 0.3 is 0 Å². The molecule has 126 valence electrons. The Labute approximate surface area is 135 Å². The first-order valence-corrected chi connectivity index (χ1v) is 8.22. The molecule has 2 saturated heterocycles. The number of piperidine rings is 1. The first-order valence-electron chi connectivity index (χ1n) is 8.22. The Bertz CT molecular complexity index is 548. The molecule has 0 aliphatic carbocycles. The standard InChI is InChI=1S/C17H23FN2O3/c18-13-5-4-6-14(9-13)23-16-11-20(10-15(16)21)17(22)12-19-7-2-1-3-8-19/h4-6,9,15-16,21H,1-3,7-8,10-12H2/t15-,16-/m1/s1. The van der Waals surface area contributed by atoms with Crippen molar-refractivity contribution in [2.75, 3.05) is 32.7 Å². The van der Waals surface area contributed by atoms with Crippen molar-refractivity contribution >= 4 is 5.91 Å². The Kier molecular flexibility index (Phi) is 5.13. The summed E-state index contributed by atoms with van der Waals surface area (Å²) in [6, 6.07) is 5.83. The van der Waals surface area contributed by atoms with E-state index in [4.69, 9.17) is 4.74 Å². The van der Waals surface area contributed by atoms with E-state index in [0.29, 0.717) is 18.8 Å². The molecule has 0 aromatic heterocycles. The van der Waals surface area contributed by atoms with E-state index < -0.39 is 12.2 Å². The molecule has 2 fully saturated rings. The first kappa shape index (κ1) is 16.2. The molecule has 2 aliphatic heterocycles. The van der Waals surface area contributed by atoms with E-state index in [9.17, 15) is 14.3 Å². The molecule has 0 spiro atoms. The smallest absolute Gasteiger partial charge is 0.236 e. The molecule has 2 atom stereocenters. The minimum absolute atomic E-state index is 0.0243. The van der Waals surface area contributed by atoms with Crippen molar-refractivity contribution in [1.82, 2.24) is 9.80 Å². The maximum absolute atomic E-state index is 13.2. The van der Waals surface area contributed by atoms with Crippen molar-refractivity contribution in [2.45, 2.75) is 31.5 Å². The number of β-amino-alcohol motifs (C(OH)–C–C–N with tert-alkyl or cyclic N) is 1. The van der Waals surface area contributed by atoms with Crippen LogP contribution in [0.4, 0.5) is 4.39 Å². The number of ether oxygens (including phenoxy) is 1. The van der Waals surface area contributed by atoms with Crippen molar-refractivity contribution in [2.24, 2.45) is 0 Å². The Morgan fingerprint density at radius 2 is 2.04 bits per heavy atom. The summed E-state index contributed by atoms with van der Waals surface area (Å²) in [7, 11) is 0. The van der Waals surface area contributed by atoms with E-state index in [-0.39, 0.29) is 18.3 Å². The van der Waals surface area contributed by atoms with Crippen molar-refractivity contribution in [1.29, 1.82) is 0 Å². The third-order valence-corrected chi connectivity index (χ3v) is 4.48. The number of hydrogen-bond acceptors (Lipinski definition) is 4. The molecule has 23 heavy (non-hydrogen) atoms. The van der Waals surface area contributed by atoms with Crippen LogP contribution >= 0.6 is 0 Å². The number of carbonyl (C=O) groups is 1. The van der Waals surface area contributed by atoms with E-state index in [1.165, 1.54) is 18.6 Å². The van der Waals surface area contributed by atoms with Gasteiger partial charge in [0.1, 0.15) is 23.8 Å². The maximum atomic E-state index is 13.2. The van der Waals surface area contributed by atoms with Gasteiger partial charge < -0.3 is 14.7 Å². The van der Waals surface area contributed by atoms with Gasteiger partial charge in [-0.2, -0.15) is 0 Å². The monoisotopic (exact) mass is 322 g/mol. The second-order valence-corrected chi connectivity index (χ2v) is 6.32. The topological polar surface area (TPSA) is 53.0 Å². The molecular formula is C17H23FN2O3. The number of benzene rings is 1. The zero-order valence-corrected chi connectivity index (χ0v) is 13.2. The number of amides is 1. The predicted molar refractivity (Wildman–Crippen MR) is 83.7 cm³/mol. The van der Waals surface area contributed by atoms with Gasteiger partial charge in [-0.15, -0.1) is 0 Å². The van der Waals surface area contributed by atoms with Gasteiger partial charge in [0.15, 0.2) is 0 Å². The molecule has 2 aliphatic rings. The van der Waals surface area contributed by atoms with Crippen LogP contribution in [0.25, 0.3) is 0 Å². The predicted octanol–water partition coefficient (Wildman–Crippen LogP) is 1.26. The van der Waals surface area contributed by atoms with E-state index in [1.807, 2.05) is 0 Å². The fourth-order valence-electron chi connectivity index (χ4n) is 3.20. The summed E-state index contributed by atoms with van der Waals surface area (Å²) in [5.74, 6) is 0.0173. The summed E-state index contributed by atoms with van der Waals surface area (Å²) < 4.78 is 18.8. The number of halogens is 1. The zero-order chi connectivity index (χ0) is 16.2. The van der Waals surface area contributed by atoms with E-state index in [0.717, 1.165) is 25.9 Å². The van der Waals surface area contributed by atoms with Gasteiger partial charge in [-0.05, 0) is 38.1 Å². The molecule has 3 rings (SSSR count).